The number of rotatable bonds is 20. The molecule has 0 aliphatic rings. The number of aliphatic hydroxyl groups is 2. The molecular formula is C36H40N12Na4O14S4. The molecule has 26 nitrogen and oxygen atoms in total. The van der Waals surface area contributed by atoms with Gasteiger partial charge in [0.25, 0.3) is 40.5 Å². The quantitative estimate of drug-likeness (QED) is 0.0192. The fourth-order valence-corrected chi connectivity index (χ4v) is 8.05. The van der Waals surface area contributed by atoms with Gasteiger partial charge in [0.2, 0.25) is 35.7 Å². The standard InChI is InChI=1S/C36H36N12O14S4.4Na.4H/c49-15-13-37-31-43-33(39-23-3-1-5-27(17-23)63(51,52)53)47-35(45-31)41-25-11-9-21(29(19-25)65(57,58)59)7-8-22-10-12-26(20-30(22)66(60,61)62)42-36-46-32(38-14-16-50)44-34(48-36)40-24-4-2-6-28(18-24)64(54,55)56;;;;;;;;/h1-12,17-20,49-50H,13-16H2,(H,51,52,53)(H,54,55,56)(H,57,58,59)(H,60,61,62)(H3,37,39,41,43,45,47)(H3,38,40,42,44,46,48);;;;;;;;/q;4*+1;4*-1/b8-7+;;;;;;;;. The van der Waals surface area contributed by atoms with E-state index < -0.39 is 60.1 Å². The Kier molecular flexibility index (Phi) is 24.6. The molecule has 0 saturated carbocycles. The Balaban J connectivity index is -0.00000630. The first-order chi connectivity index (χ1) is 31.1. The smallest absolute Gasteiger partial charge is 1.00 e. The minimum Gasteiger partial charge on any atom is -1.00 e. The molecule has 0 bridgehead atoms. The van der Waals surface area contributed by atoms with Crippen molar-refractivity contribution in [3.05, 3.63) is 96.1 Å². The SMILES string of the molecule is O=S(=O)(O)c1cccc(Nc2nc(NCCO)nc(Nc3ccc(/C=C/c4ccc(Nc5nc(NCCO)nc(Nc6cccc(S(=O)(=O)O)c6)n5)cc4S(=O)(=O)O)c(S(=O)(=O)O)c3)n2)c1.[H-].[H-].[H-].[H-].[Na+].[Na+].[Na+].[Na+]. The molecule has 0 aliphatic heterocycles. The number of nitrogens with zero attached hydrogens (tertiary/aromatic N) is 6. The number of hydrogen-bond donors (Lipinski definition) is 12. The van der Waals surface area contributed by atoms with Crippen LogP contribution in [0.4, 0.5) is 58.4 Å². The fraction of sp³-hybridized carbons (Fsp3) is 0.111. The first-order valence-corrected chi connectivity index (χ1v) is 24.2. The second-order valence-electron chi connectivity index (χ2n) is 13.2. The van der Waals surface area contributed by atoms with E-state index >= 15 is 0 Å². The minimum absolute atomic E-state index is 0. The first-order valence-electron chi connectivity index (χ1n) is 18.4. The van der Waals surface area contributed by atoms with Crippen molar-refractivity contribution in [2.45, 2.75) is 19.6 Å². The molecule has 0 amide bonds. The molecule has 0 spiro atoms. The van der Waals surface area contributed by atoms with Crippen molar-refractivity contribution < 1.29 is 186 Å². The summed E-state index contributed by atoms with van der Waals surface area (Å²) in [5.74, 6) is -0.911. The third kappa shape index (κ3) is 18.5. The summed E-state index contributed by atoms with van der Waals surface area (Å²) in [7, 11) is -19.1. The molecule has 2 heterocycles. The van der Waals surface area contributed by atoms with Crippen LogP contribution in [0.2, 0.25) is 0 Å². The van der Waals surface area contributed by atoms with Crippen LogP contribution in [0.25, 0.3) is 12.2 Å². The molecule has 6 aromatic rings. The Morgan fingerprint density at radius 2 is 0.714 bits per heavy atom. The van der Waals surface area contributed by atoms with Gasteiger partial charge in [-0.2, -0.15) is 63.6 Å². The van der Waals surface area contributed by atoms with Crippen molar-refractivity contribution in [3.8, 4) is 0 Å². The van der Waals surface area contributed by atoms with Crippen LogP contribution in [0.3, 0.4) is 0 Å². The van der Waals surface area contributed by atoms with Crippen LogP contribution in [0.15, 0.2) is 105 Å². The van der Waals surface area contributed by atoms with Crippen molar-refractivity contribution in [2.75, 3.05) is 58.2 Å². The average Bonchev–Trinajstić information content (AvgIpc) is 3.23. The maximum absolute atomic E-state index is 12.6. The molecule has 0 fully saturated rings. The van der Waals surface area contributed by atoms with Crippen LogP contribution in [0, 0.1) is 0 Å². The van der Waals surface area contributed by atoms with E-state index in [1.807, 2.05) is 0 Å². The van der Waals surface area contributed by atoms with Gasteiger partial charge in [0.1, 0.15) is 9.79 Å². The van der Waals surface area contributed by atoms with Gasteiger partial charge in [-0.1, -0.05) is 36.4 Å². The van der Waals surface area contributed by atoms with Gasteiger partial charge in [0.05, 0.1) is 23.0 Å². The van der Waals surface area contributed by atoms with E-state index in [1.165, 1.54) is 48.5 Å². The third-order valence-corrected chi connectivity index (χ3v) is 11.9. The Bertz CT molecular complexity index is 3100. The summed E-state index contributed by atoms with van der Waals surface area (Å²) >= 11 is 0. The van der Waals surface area contributed by atoms with Crippen LogP contribution in [-0.4, -0.2) is 118 Å². The van der Waals surface area contributed by atoms with Crippen LogP contribution < -0.4 is 150 Å². The van der Waals surface area contributed by atoms with E-state index in [0.29, 0.717) is 0 Å². The van der Waals surface area contributed by atoms with Crippen molar-refractivity contribution >= 4 is 111 Å². The van der Waals surface area contributed by atoms with Gasteiger partial charge in [-0.05, 0) is 71.8 Å². The second kappa shape index (κ2) is 27.3. The number of hydrogen-bond acceptors (Lipinski definition) is 22. The minimum atomic E-state index is -4.98. The zero-order valence-corrected chi connectivity index (χ0v) is 48.6. The normalized spacial score (nSPS) is 11.5. The van der Waals surface area contributed by atoms with Gasteiger partial charge >= 0.3 is 118 Å². The van der Waals surface area contributed by atoms with E-state index in [2.05, 4.69) is 61.8 Å². The molecule has 70 heavy (non-hydrogen) atoms. The molecule has 6 rings (SSSR count). The number of nitrogens with one attached hydrogen (secondary N) is 6. The molecule has 0 unspecified atom stereocenters. The van der Waals surface area contributed by atoms with Gasteiger partial charge in [-0.25, -0.2) is 0 Å². The first kappa shape index (κ1) is 63.1. The third-order valence-electron chi connectivity index (χ3n) is 8.37. The van der Waals surface area contributed by atoms with E-state index in [-0.39, 0.29) is 220 Å². The average molecular weight is 1090 g/mol. The van der Waals surface area contributed by atoms with Crippen molar-refractivity contribution in [1.29, 1.82) is 0 Å². The summed E-state index contributed by atoms with van der Waals surface area (Å²) in [5.41, 5.74) is -0.00857. The second-order valence-corrected chi connectivity index (χ2v) is 18.8. The summed E-state index contributed by atoms with van der Waals surface area (Å²) in [6.07, 6.45) is 2.29. The van der Waals surface area contributed by atoms with Gasteiger partial charge in [0.15, 0.2) is 0 Å². The number of benzene rings is 4. The molecular weight excluding hydrogens is 1040 g/mol. The maximum atomic E-state index is 12.6. The van der Waals surface area contributed by atoms with E-state index in [0.717, 1.165) is 48.6 Å². The molecule has 12 N–H and O–H groups in total. The summed E-state index contributed by atoms with van der Waals surface area (Å²) in [6, 6.07) is 17.3. The molecule has 4 aromatic carbocycles. The zero-order valence-electron chi connectivity index (χ0n) is 41.3. The Morgan fingerprint density at radius 3 is 1.00 bits per heavy atom. The van der Waals surface area contributed by atoms with Gasteiger partial charge in [-0.3, -0.25) is 18.2 Å². The molecule has 356 valence electrons. The summed E-state index contributed by atoms with van der Waals surface area (Å²) in [4.78, 5) is 22.9. The monoisotopic (exact) mass is 1080 g/mol. The number of anilines is 10. The molecule has 0 radical (unpaired) electrons. The largest absolute Gasteiger partial charge is 1.00 e. The van der Waals surface area contributed by atoms with Crippen molar-refractivity contribution in [2.24, 2.45) is 0 Å². The summed E-state index contributed by atoms with van der Waals surface area (Å²) in [5, 5.41) is 35.1. The predicted molar refractivity (Wildman–Crippen MR) is 242 cm³/mol. The van der Waals surface area contributed by atoms with E-state index in [4.69, 9.17) is 0 Å². The maximum Gasteiger partial charge on any atom is 1.00 e. The molecule has 2 aromatic heterocycles. The summed E-state index contributed by atoms with van der Waals surface area (Å²) < 4.78 is 136. The molecule has 0 aliphatic carbocycles. The zero-order chi connectivity index (χ0) is 47.9. The van der Waals surface area contributed by atoms with E-state index in [1.54, 1.807) is 0 Å². The molecule has 34 heteroatoms. The fourth-order valence-electron chi connectivity index (χ4n) is 5.58. The predicted octanol–water partition coefficient (Wildman–Crippen LogP) is -8.54. The Morgan fingerprint density at radius 1 is 0.414 bits per heavy atom. The van der Waals surface area contributed by atoms with Crippen LogP contribution in [-0.2, 0) is 40.5 Å². The van der Waals surface area contributed by atoms with Crippen LogP contribution >= 0.6 is 0 Å². The topological polar surface area (TPSA) is 407 Å². The van der Waals surface area contributed by atoms with E-state index in [9.17, 15) is 62.1 Å². The number of aromatic nitrogens is 6. The Hall–Kier alpha value is -3.00. The molecule has 0 saturated heterocycles. The summed E-state index contributed by atoms with van der Waals surface area (Å²) in [6.45, 7) is -0.641. The van der Waals surface area contributed by atoms with Gasteiger partial charge in [-0.15, -0.1) is 0 Å². The number of aliphatic hydroxyl groups excluding tert-OH is 2. The Labute approximate surface area is 495 Å². The van der Waals surface area contributed by atoms with Crippen LogP contribution in [0.5, 0.6) is 0 Å². The van der Waals surface area contributed by atoms with Crippen LogP contribution in [0.1, 0.15) is 16.8 Å². The van der Waals surface area contributed by atoms with Crippen molar-refractivity contribution in [1.82, 2.24) is 29.9 Å². The van der Waals surface area contributed by atoms with Gasteiger partial charge < -0.3 is 47.8 Å². The van der Waals surface area contributed by atoms with Crippen molar-refractivity contribution in [3.63, 3.8) is 0 Å². The molecule has 0 atom stereocenters. The van der Waals surface area contributed by atoms with Gasteiger partial charge in [0, 0.05) is 35.8 Å².